The van der Waals surface area contributed by atoms with Crippen molar-refractivity contribution in [2.75, 3.05) is 18.5 Å². The summed E-state index contributed by atoms with van der Waals surface area (Å²) in [4.78, 5) is 29.4. The van der Waals surface area contributed by atoms with Crippen LogP contribution in [0.1, 0.15) is 16.8 Å². The second-order valence-electron chi connectivity index (χ2n) is 4.32. The molecule has 0 aliphatic rings. The average Bonchev–Trinajstić information content (AvgIpc) is 2.55. The number of carbonyl (C=O) groups excluding carboxylic acids is 1. The number of nitrogens with one attached hydrogen (secondary N) is 1. The van der Waals surface area contributed by atoms with Gasteiger partial charge in [0, 0.05) is 25.0 Å². The van der Waals surface area contributed by atoms with Crippen molar-refractivity contribution in [1.82, 2.24) is 9.97 Å². The lowest BCUT2D eigenvalue weighted by atomic mass is 10.3. The molecule has 0 bridgehead atoms. The Balaban J connectivity index is 1.67. The predicted molar refractivity (Wildman–Crippen MR) is 78.5 cm³/mol. The quantitative estimate of drug-likeness (QED) is 0.361. The molecule has 0 saturated heterocycles. The Morgan fingerprint density at radius 2 is 2.18 bits per heavy atom. The second kappa shape index (κ2) is 7.67. The van der Waals surface area contributed by atoms with Crippen molar-refractivity contribution in [2.24, 2.45) is 0 Å². The molecule has 0 spiro atoms. The summed E-state index contributed by atoms with van der Waals surface area (Å²) in [5.41, 5.74) is 0.350. The summed E-state index contributed by atoms with van der Waals surface area (Å²) >= 11 is 0. The number of aromatic nitrogens is 2. The minimum Gasteiger partial charge on any atom is -0.462 e. The summed E-state index contributed by atoms with van der Waals surface area (Å²) in [6.07, 6.45) is 4.80. The molecule has 114 valence electrons. The number of rotatable bonds is 7. The Kier molecular flexibility index (Phi) is 5.36. The highest BCUT2D eigenvalue weighted by atomic mass is 16.6. The predicted octanol–water partition coefficient (Wildman–Crippen LogP) is 2.04. The molecular weight excluding hydrogens is 288 g/mol. The van der Waals surface area contributed by atoms with Crippen molar-refractivity contribution in [3.8, 4) is 0 Å². The van der Waals surface area contributed by atoms with Gasteiger partial charge in [0.25, 0.3) is 5.69 Å². The fourth-order valence-electron chi connectivity index (χ4n) is 1.62. The molecule has 8 nitrogen and oxygen atoms in total. The van der Waals surface area contributed by atoms with Crippen molar-refractivity contribution in [3.63, 3.8) is 0 Å². The van der Waals surface area contributed by atoms with Gasteiger partial charge in [-0.3, -0.25) is 15.1 Å². The standard InChI is InChI=1S/C14H14N4O4/c19-14(11-3-1-6-15-9-11)22-8-2-7-16-13-5-4-12(10-17-13)18(20)21/h1,3-6,9-10H,2,7-8H2,(H,16,17). The van der Waals surface area contributed by atoms with E-state index >= 15 is 0 Å². The first-order valence-corrected chi connectivity index (χ1v) is 6.58. The largest absolute Gasteiger partial charge is 0.462 e. The molecule has 0 atom stereocenters. The van der Waals surface area contributed by atoms with Crippen molar-refractivity contribution >= 4 is 17.5 Å². The molecule has 0 aliphatic carbocycles. The molecule has 2 aromatic rings. The summed E-state index contributed by atoms with van der Waals surface area (Å²) in [6, 6.07) is 6.20. The number of carbonyl (C=O) groups is 1. The molecule has 22 heavy (non-hydrogen) atoms. The monoisotopic (exact) mass is 302 g/mol. The summed E-state index contributed by atoms with van der Waals surface area (Å²) in [5, 5.41) is 13.5. The van der Waals surface area contributed by atoms with Crippen LogP contribution in [-0.2, 0) is 4.74 Å². The van der Waals surface area contributed by atoms with E-state index in [1.54, 1.807) is 18.3 Å². The third kappa shape index (κ3) is 4.51. The van der Waals surface area contributed by atoms with Gasteiger partial charge in [0.05, 0.1) is 17.1 Å². The molecule has 0 radical (unpaired) electrons. The molecule has 0 aromatic carbocycles. The summed E-state index contributed by atoms with van der Waals surface area (Å²) < 4.78 is 5.09. The van der Waals surface area contributed by atoms with Gasteiger partial charge in [-0.1, -0.05) is 0 Å². The molecule has 1 N–H and O–H groups in total. The number of nitrogens with zero attached hydrogens (tertiary/aromatic N) is 3. The van der Waals surface area contributed by atoms with Crippen LogP contribution in [0.5, 0.6) is 0 Å². The lowest BCUT2D eigenvalue weighted by molar-refractivity contribution is -0.385. The van der Waals surface area contributed by atoms with Gasteiger partial charge in [0.2, 0.25) is 0 Å². The Labute approximate surface area is 126 Å². The number of ether oxygens (including phenoxy) is 1. The van der Waals surface area contributed by atoms with Crippen molar-refractivity contribution < 1.29 is 14.5 Å². The van der Waals surface area contributed by atoms with Crippen molar-refractivity contribution in [3.05, 3.63) is 58.5 Å². The first-order valence-electron chi connectivity index (χ1n) is 6.58. The van der Waals surface area contributed by atoms with Gasteiger partial charge in [0.1, 0.15) is 12.0 Å². The molecule has 0 aliphatic heterocycles. The maximum Gasteiger partial charge on any atom is 0.339 e. The zero-order valence-corrected chi connectivity index (χ0v) is 11.6. The highest BCUT2D eigenvalue weighted by Gasteiger charge is 2.06. The van der Waals surface area contributed by atoms with Crippen LogP contribution in [0.25, 0.3) is 0 Å². The van der Waals surface area contributed by atoms with Gasteiger partial charge in [-0.2, -0.15) is 0 Å². The first kappa shape index (κ1) is 15.4. The molecule has 8 heteroatoms. The molecule has 0 unspecified atom stereocenters. The van der Waals surface area contributed by atoms with Crippen LogP contribution in [0.15, 0.2) is 42.9 Å². The third-order valence-corrected chi connectivity index (χ3v) is 2.72. The van der Waals surface area contributed by atoms with Crippen LogP contribution in [0.2, 0.25) is 0 Å². The van der Waals surface area contributed by atoms with E-state index in [0.29, 0.717) is 24.3 Å². The topological polar surface area (TPSA) is 107 Å². The maximum absolute atomic E-state index is 11.6. The minimum absolute atomic E-state index is 0.0593. The van der Waals surface area contributed by atoms with Gasteiger partial charge >= 0.3 is 5.97 Å². The van der Waals surface area contributed by atoms with Crippen molar-refractivity contribution in [1.29, 1.82) is 0 Å². The van der Waals surface area contributed by atoms with E-state index in [-0.39, 0.29) is 12.3 Å². The number of esters is 1. The fraction of sp³-hybridized carbons (Fsp3) is 0.214. The lowest BCUT2D eigenvalue weighted by Crippen LogP contribution is -2.11. The number of pyridine rings is 2. The Hall–Kier alpha value is -3.03. The molecule has 2 rings (SSSR count). The molecule has 2 heterocycles. The molecular formula is C14H14N4O4. The summed E-state index contributed by atoms with van der Waals surface area (Å²) in [7, 11) is 0. The van der Waals surface area contributed by atoms with E-state index in [1.807, 2.05) is 0 Å². The van der Waals surface area contributed by atoms with E-state index in [2.05, 4.69) is 15.3 Å². The number of nitro groups is 1. The van der Waals surface area contributed by atoms with E-state index < -0.39 is 10.9 Å². The SMILES string of the molecule is O=C(OCCCNc1ccc([N+](=O)[O-])cn1)c1cccnc1. The zero-order chi connectivity index (χ0) is 15.8. The first-order chi connectivity index (χ1) is 10.7. The molecule has 0 saturated carbocycles. The maximum atomic E-state index is 11.6. The van der Waals surface area contributed by atoms with Crippen LogP contribution in [-0.4, -0.2) is 34.0 Å². The van der Waals surface area contributed by atoms with Crippen LogP contribution in [0.3, 0.4) is 0 Å². The zero-order valence-electron chi connectivity index (χ0n) is 11.6. The van der Waals surface area contributed by atoms with E-state index in [0.717, 1.165) is 0 Å². The van der Waals surface area contributed by atoms with E-state index in [1.165, 1.54) is 24.5 Å². The fourth-order valence-corrected chi connectivity index (χ4v) is 1.62. The van der Waals surface area contributed by atoms with Crippen molar-refractivity contribution in [2.45, 2.75) is 6.42 Å². The van der Waals surface area contributed by atoms with Crippen LogP contribution >= 0.6 is 0 Å². The second-order valence-corrected chi connectivity index (χ2v) is 4.32. The van der Waals surface area contributed by atoms with Crippen LogP contribution in [0, 0.1) is 10.1 Å². The van der Waals surface area contributed by atoms with Gasteiger partial charge in [-0.25, -0.2) is 9.78 Å². The number of hydrogen-bond donors (Lipinski definition) is 1. The number of anilines is 1. The normalized spacial score (nSPS) is 10.0. The summed E-state index contributed by atoms with van der Waals surface area (Å²) in [5.74, 6) is 0.116. The summed E-state index contributed by atoms with van der Waals surface area (Å²) in [6.45, 7) is 0.791. The number of hydrogen-bond acceptors (Lipinski definition) is 7. The van der Waals surface area contributed by atoms with Gasteiger partial charge in [-0.15, -0.1) is 0 Å². The minimum atomic E-state index is -0.505. The smallest absolute Gasteiger partial charge is 0.339 e. The highest BCUT2D eigenvalue weighted by Crippen LogP contribution is 2.11. The van der Waals surface area contributed by atoms with Gasteiger partial charge in [-0.05, 0) is 24.6 Å². The third-order valence-electron chi connectivity index (χ3n) is 2.72. The van der Waals surface area contributed by atoms with Gasteiger partial charge < -0.3 is 10.1 Å². The lowest BCUT2D eigenvalue weighted by Gasteiger charge is -2.06. The van der Waals surface area contributed by atoms with Crippen LogP contribution < -0.4 is 5.32 Å². The Morgan fingerprint density at radius 3 is 2.82 bits per heavy atom. The van der Waals surface area contributed by atoms with E-state index in [4.69, 9.17) is 4.74 Å². The van der Waals surface area contributed by atoms with E-state index in [9.17, 15) is 14.9 Å². The Morgan fingerprint density at radius 1 is 1.32 bits per heavy atom. The average molecular weight is 302 g/mol. The highest BCUT2D eigenvalue weighted by molar-refractivity contribution is 5.88. The van der Waals surface area contributed by atoms with Crippen LogP contribution in [0.4, 0.5) is 11.5 Å². The molecule has 0 amide bonds. The molecule has 2 aromatic heterocycles. The molecule has 0 fully saturated rings. The van der Waals surface area contributed by atoms with Gasteiger partial charge in [0.15, 0.2) is 0 Å². The Bertz CT molecular complexity index is 631.